The minimum atomic E-state index is -0.711. The van der Waals surface area contributed by atoms with Crippen LogP contribution in [0.5, 0.6) is 0 Å². The summed E-state index contributed by atoms with van der Waals surface area (Å²) in [5.41, 5.74) is 6.66. The Morgan fingerprint density at radius 3 is 2.30 bits per heavy atom. The summed E-state index contributed by atoms with van der Waals surface area (Å²) in [6, 6.07) is 31.5. The molecule has 8 heteroatoms. The smallest absolute Gasteiger partial charge is 0.349 e. The SMILES string of the molecule is CCN(CC)c1ccc2cc(C(=O)N/N=C/c3ccc(-c4nc5c6ccccc6c6ccccc6c5[nH]4)cc3)c(=O)oc2c1. The summed E-state index contributed by atoms with van der Waals surface area (Å²) in [6.07, 6.45) is 1.53. The first kappa shape index (κ1) is 27.1. The largest absolute Gasteiger partial charge is 0.422 e. The van der Waals surface area contributed by atoms with Crippen molar-refractivity contribution >= 4 is 61.4 Å². The van der Waals surface area contributed by atoms with Crippen molar-refractivity contribution in [2.75, 3.05) is 18.0 Å². The third-order valence-corrected chi connectivity index (χ3v) is 8.03. The fraction of sp³-hybridized carbons (Fsp3) is 0.111. The number of hydrazone groups is 1. The molecule has 44 heavy (non-hydrogen) atoms. The Balaban J connectivity index is 1.10. The second-order valence-electron chi connectivity index (χ2n) is 10.6. The lowest BCUT2D eigenvalue weighted by molar-refractivity contribution is 0.0951. The van der Waals surface area contributed by atoms with Gasteiger partial charge in [0.25, 0.3) is 5.91 Å². The van der Waals surface area contributed by atoms with Crippen LogP contribution in [0.15, 0.2) is 111 Å². The van der Waals surface area contributed by atoms with Gasteiger partial charge >= 0.3 is 5.63 Å². The maximum Gasteiger partial charge on any atom is 0.349 e. The summed E-state index contributed by atoms with van der Waals surface area (Å²) >= 11 is 0. The van der Waals surface area contributed by atoms with Crippen LogP contribution in [0.1, 0.15) is 29.8 Å². The van der Waals surface area contributed by atoms with Crippen molar-refractivity contribution < 1.29 is 9.21 Å². The van der Waals surface area contributed by atoms with Crippen LogP contribution in [0.2, 0.25) is 0 Å². The number of aromatic nitrogens is 2. The average molecular weight is 580 g/mol. The fourth-order valence-electron chi connectivity index (χ4n) is 5.76. The van der Waals surface area contributed by atoms with Crippen LogP contribution in [0.25, 0.3) is 54.9 Å². The van der Waals surface area contributed by atoms with Gasteiger partial charge in [0.2, 0.25) is 0 Å². The summed E-state index contributed by atoms with van der Waals surface area (Å²) in [7, 11) is 0. The average Bonchev–Trinajstić information content (AvgIpc) is 3.51. The van der Waals surface area contributed by atoms with E-state index in [2.05, 4.69) is 70.7 Å². The van der Waals surface area contributed by atoms with E-state index in [4.69, 9.17) is 9.40 Å². The predicted molar refractivity (Wildman–Crippen MR) is 178 cm³/mol. The van der Waals surface area contributed by atoms with Crippen molar-refractivity contribution in [1.29, 1.82) is 0 Å². The van der Waals surface area contributed by atoms with E-state index in [0.29, 0.717) is 11.0 Å². The molecule has 0 aliphatic carbocycles. The Morgan fingerprint density at radius 1 is 0.886 bits per heavy atom. The summed E-state index contributed by atoms with van der Waals surface area (Å²) < 4.78 is 5.48. The molecule has 0 aliphatic heterocycles. The predicted octanol–water partition coefficient (Wildman–Crippen LogP) is 7.25. The Kier molecular flexibility index (Phi) is 6.86. The molecule has 7 aromatic rings. The lowest BCUT2D eigenvalue weighted by Gasteiger charge is -2.20. The number of carbonyl (C=O) groups excluding carboxylic acids is 1. The summed E-state index contributed by atoms with van der Waals surface area (Å²) in [5.74, 6) is 0.133. The van der Waals surface area contributed by atoms with Gasteiger partial charge in [0.1, 0.15) is 17.0 Å². The van der Waals surface area contributed by atoms with Crippen molar-refractivity contribution in [3.63, 3.8) is 0 Å². The molecule has 0 atom stereocenters. The minimum Gasteiger partial charge on any atom is -0.422 e. The van der Waals surface area contributed by atoms with Gasteiger partial charge in [-0.05, 0) is 48.4 Å². The molecule has 0 radical (unpaired) electrons. The van der Waals surface area contributed by atoms with E-state index in [0.717, 1.165) is 57.5 Å². The Bertz CT molecular complexity index is 2210. The number of rotatable bonds is 7. The monoisotopic (exact) mass is 579 g/mol. The number of hydrogen-bond donors (Lipinski definition) is 2. The lowest BCUT2D eigenvalue weighted by Crippen LogP contribution is -2.24. The van der Waals surface area contributed by atoms with Gasteiger partial charge in [0, 0.05) is 46.6 Å². The van der Waals surface area contributed by atoms with Crippen LogP contribution < -0.4 is 16.0 Å². The standard InChI is InChI=1S/C36H29N5O3/c1-3-41(4-2)25-18-17-24-19-30(36(43)44-31(24)20-25)35(42)40-37-21-22-13-15-23(16-14-22)34-38-32-28-11-7-5-9-26(28)27-10-6-8-12-29(27)33(32)39-34/h5-21H,3-4H2,1-2H3,(H,38,39)(H,40,42)/b37-21+. The van der Waals surface area contributed by atoms with Gasteiger partial charge in [-0.25, -0.2) is 15.2 Å². The lowest BCUT2D eigenvalue weighted by atomic mass is 10.0. The summed E-state index contributed by atoms with van der Waals surface area (Å²) in [4.78, 5) is 36.0. The first-order chi connectivity index (χ1) is 21.5. The number of nitrogens with one attached hydrogen (secondary N) is 2. The van der Waals surface area contributed by atoms with Crippen LogP contribution in [0, 0.1) is 0 Å². The molecule has 2 heterocycles. The van der Waals surface area contributed by atoms with E-state index in [1.165, 1.54) is 23.1 Å². The van der Waals surface area contributed by atoms with E-state index in [9.17, 15) is 9.59 Å². The molecule has 0 spiro atoms. The molecular weight excluding hydrogens is 550 g/mol. The second-order valence-corrected chi connectivity index (χ2v) is 10.6. The quantitative estimate of drug-likeness (QED) is 0.0896. The number of fused-ring (bicyclic) bond motifs is 7. The first-order valence-corrected chi connectivity index (χ1v) is 14.6. The highest BCUT2D eigenvalue weighted by atomic mass is 16.4. The highest BCUT2D eigenvalue weighted by Crippen LogP contribution is 2.35. The molecule has 216 valence electrons. The minimum absolute atomic E-state index is 0.106. The van der Waals surface area contributed by atoms with Crippen molar-refractivity contribution in [1.82, 2.24) is 15.4 Å². The number of imidazole rings is 1. The van der Waals surface area contributed by atoms with E-state index in [-0.39, 0.29) is 5.56 Å². The van der Waals surface area contributed by atoms with Gasteiger partial charge < -0.3 is 14.3 Å². The molecule has 0 saturated heterocycles. The molecule has 1 amide bonds. The Labute approximate surface area is 252 Å². The van der Waals surface area contributed by atoms with Gasteiger partial charge in [0.05, 0.1) is 17.2 Å². The first-order valence-electron chi connectivity index (χ1n) is 14.6. The molecule has 7 rings (SSSR count). The molecule has 2 N–H and O–H groups in total. The number of amides is 1. The number of H-pyrrole nitrogens is 1. The van der Waals surface area contributed by atoms with Gasteiger partial charge in [0.15, 0.2) is 0 Å². The van der Waals surface area contributed by atoms with Gasteiger partial charge in [-0.15, -0.1) is 0 Å². The maximum atomic E-state index is 12.8. The molecule has 8 nitrogen and oxygen atoms in total. The molecular formula is C36H29N5O3. The zero-order valence-corrected chi connectivity index (χ0v) is 24.3. The molecule has 2 aromatic heterocycles. The van der Waals surface area contributed by atoms with Crippen molar-refractivity contribution in [3.8, 4) is 11.4 Å². The van der Waals surface area contributed by atoms with Gasteiger partial charge in [-0.2, -0.15) is 5.10 Å². The maximum absolute atomic E-state index is 12.8. The van der Waals surface area contributed by atoms with Crippen molar-refractivity contribution in [2.45, 2.75) is 13.8 Å². The van der Waals surface area contributed by atoms with Crippen LogP contribution in [-0.4, -0.2) is 35.2 Å². The summed E-state index contributed by atoms with van der Waals surface area (Å²) in [6.45, 7) is 5.80. The van der Waals surface area contributed by atoms with Gasteiger partial charge in [-0.1, -0.05) is 72.8 Å². The number of anilines is 1. The van der Waals surface area contributed by atoms with Crippen LogP contribution in [0.4, 0.5) is 5.69 Å². The third-order valence-electron chi connectivity index (χ3n) is 8.03. The summed E-state index contributed by atoms with van der Waals surface area (Å²) in [5, 5.41) is 9.33. The number of carbonyl (C=O) groups is 1. The molecule has 0 unspecified atom stereocenters. The Morgan fingerprint density at radius 2 is 1.57 bits per heavy atom. The van der Waals surface area contributed by atoms with E-state index >= 15 is 0 Å². The number of hydrogen-bond acceptors (Lipinski definition) is 6. The third kappa shape index (κ3) is 4.76. The van der Waals surface area contributed by atoms with Crippen LogP contribution >= 0.6 is 0 Å². The molecule has 0 bridgehead atoms. The number of aromatic amines is 1. The van der Waals surface area contributed by atoms with E-state index in [1.54, 1.807) is 0 Å². The molecule has 0 fully saturated rings. The topological polar surface area (TPSA) is 104 Å². The van der Waals surface area contributed by atoms with E-state index < -0.39 is 11.5 Å². The van der Waals surface area contributed by atoms with Gasteiger partial charge in [-0.3, -0.25) is 4.79 Å². The zero-order chi connectivity index (χ0) is 30.2. The van der Waals surface area contributed by atoms with Crippen LogP contribution in [-0.2, 0) is 0 Å². The second kappa shape index (κ2) is 11.1. The fourth-order valence-corrected chi connectivity index (χ4v) is 5.76. The van der Waals surface area contributed by atoms with Crippen molar-refractivity contribution in [2.24, 2.45) is 5.10 Å². The van der Waals surface area contributed by atoms with Crippen LogP contribution in [0.3, 0.4) is 0 Å². The number of benzene rings is 5. The molecule has 0 saturated carbocycles. The normalized spacial score (nSPS) is 11.7. The number of nitrogens with zero attached hydrogens (tertiary/aromatic N) is 3. The zero-order valence-electron chi connectivity index (χ0n) is 24.3. The molecule has 0 aliphatic rings. The van der Waals surface area contributed by atoms with E-state index in [1.807, 2.05) is 54.6 Å². The highest BCUT2D eigenvalue weighted by molar-refractivity contribution is 6.23. The highest BCUT2D eigenvalue weighted by Gasteiger charge is 2.15. The van der Waals surface area contributed by atoms with Crippen molar-refractivity contribution in [3.05, 3.63) is 119 Å². The molecule has 5 aromatic carbocycles. The Hall–Kier alpha value is -5.76.